The third kappa shape index (κ3) is 2.98. The van der Waals surface area contributed by atoms with Gasteiger partial charge in [0.2, 0.25) is 0 Å². The van der Waals surface area contributed by atoms with Gasteiger partial charge in [-0.1, -0.05) is 34.5 Å². The van der Waals surface area contributed by atoms with E-state index in [1.165, 1.54) is 5.56 Å². The molecule has 2 rings (SSSR count). The van der Waals surface area contributed by atoms with Gasteiger partial charge in [0.1, 0.15) is 0 Å². The van der Waals surface area contributed by atoms with Crippen LogP contribution in [0.5, 0.6) is 0 Å². The highest BCUT2D eigenvalue weighted by molar-refractivity contribution is 9.10. The summed E-state index contributed by atoms with van der Waals surface area (Å²) in [5.41, 5.74) is 9.76. The van der Waals surface area contributed by atoms with Crippen molar-refractivity contribution in [3.8, 4) is 0 Å². The Labute approximate surface area is 120 Å². The summed E-state index contributed by atoms with van der Waals surface area (Å²) in [7, 11) is 0. The van der Waals surface area contributed by atoms with Gasteiger partial charge in [-0.05, 0) is 48.4 Å². The lowest BCUT2D eigenvalue weighted by molar-refractivity contribution is 1.14. The normalized spacial score (nSPS) is 10.4. The summed E-state index contributed by atoms with van der Waals surface area (Å²) in [4.78, 5) is 0. The Bertz CT molecular complexity index is 570. The van der Waals surface area contributed by atoms with Gasteiger partial charge < -0.3 is 11.1 Å². The summed E-state index contributed by atoms with van der Waals surface area (Å²) < 4.78 is 0.992. The Kier molecular flexibility index (Phi) is 4.15. The van der Waals surface area contributed by atoms with Crippen LogP contribution in [0.4, 0.5) is 17.1 Å². The molecule has 18 heavy (non-hydrogen) atoms. The summed E-state index contributed by atoms with van der Waals surface area (Å²) in [5.74, 6) is 0. The second kappa shape index (κ2) is 5.63. The molecular weight excluding hydrogens is 312 g/mol. The van der Waals surface area contributed by atoms with E-state index in [0.717, 1.165) is 33.0 Å². The number of hydrogen-bond acceptors (Lipinski definition) is 2. The van der Waals surface area contributed by atoms with Crippen LogP contribution in [0.15, 0.2) is 40.9 Å². The maximum absolute atomic E-state index is 6.00. The zero-order valence-corrected chi connectivity index (χ0v) is 12.3. The molecule has 0 aromatic heterocycles. The summed E-state index contributed by atoms with van der Waals surface area (Å²) in [6.07, 6.45) is 0.913. The first kappa shape index (κ1) is 13.2. The Morgan fingerprint density at radius 2 is 1.94 bits per heavy atom. The molecule has 0 aliphatic carbocycles. The molecule has 0 radical (unpaired) electrons. The molecule has 0 spiro atoms. The van der Waals surface area contributed by atoms with E-state index in [1.54, 1.807) is 0 Å². The molecule has 0 fully saturated rings. The van der Waals surface area contributed by atoms with Crippen LogP contribution < -0.4 is 11.1 Å². The van der Waals surface area contributed by atoms with Gasteiger partial charge in [0.05, 0.1) is 11.4 Å². The quantitative estimate of drug-likeness (QED) is 0.780. The molecule has 0 saturated carbocycles. The molecule has 0 aliphatic heterocycles. The van der Waals surface area contributed by atoms with Crippen molar-refractivity contribution < 1.29 is 0 Å². The molecule has 4 heteroatoms. The fourth-order valence-corrected chi connectivity index (χ4v) is 2.31. The number of rotatable bonds is 3. The van der Waals surface area contributed by atoms with E-state index in [4.69, 9.17) is 17.3 Å². The Hall–Kier alpha value is -1.19. The van der Waals surface area contributed by atoms with Crippen LogP contribution in [0.3, 0.4) is 0 Å². The Morgan fingerprint density at radius 3 is 2.67 bits per heavy atom. The standard InChI is InChI=1S/C14H14BrClN2/c1-2-9-7-11(16)4-6-13(9)18-14-8-10(15)3-5-12(14)17/h3-8,18H,2,17H2,1H3. The molecular formula is C14H14BrClN2. The summed E-state index contributed by atoms with van der Waals surface area (Å²) in [5, 5.41) is 4.10. The van der Waals surface area contributed by atoms with Crippen molar-refractivity contribution in [1.29, 1.82) is 0 Å². The summed E-state index contributed by atoms with van der Waals surface area (Å²) in [6, 6.07) is 11.6. The number of nitrogens with one attached hydrogen (secondary N) is 1. The molecule has 3 N–H and O–H groups in total. The van der Waals surface area contributed by atoms with Crippen molar-refractivity contribution in [3.63, 3.8) is 0 Å². The monoisotopic (exact) mass is 324 g/mol. The van der Waals surface area contributed by atoms with Crippen LogP contribution in [0.1, 0.15) is 12.5 Å². The third-order valence-corrected chi connectivity index (χ3v) is 3.46. The van der Waals surface area contributed by atoms with Crippen molar-refractivity contribution in [2.45, 2.75) is 13.3 Å². The highest BCUT2D eigenvalue weighted by Crippen LogP contribution is 2.29. The maximum Gasteiger partial charge on any atom is 0.0629 e. The van der Waals surface area contributed by atoms with Crippen LogP contribution >= 0.6 is 27.5 Å². The van der Waals surface area contributed by atoms with E-state index >= 15 is 0 Å². The van der Waals surface area contributed by atoms with Crippen LogP contribution in [-0.4, -0.2) is 0 Å². The Morgan fingerprint density at radius 1 is 1.17 bits per heavy atom. The largest absolute Gasteiger partial charge is 0.397 e. The SMILES string of the molecule is CCc1cc(Cl)ccc1Nc1cc(Br)ccc1N. The van der Waals surface area contributed by atoms with E-state index in [9.17, 15) is 0 Å². The first-order valence-corrected chi connectivity index (χ1v) is 6.87. The van der Waals surface area contributed by atoms with Gasteiger partial charge in [0, 0.05) is 15.2 Å². The second-order valence-electron chi connectivity index (χ2n) is 4.01. The lowest BCUT2D eigenvalue weighted by Gasteiger charge is -2.13. The van der Waals surface area contributed by atoms with Crippen molar-refractivity contribution in [2.75, 3.05) is 11.1 Å². The average Bonchev–Trinajstić information content (AvgIpc) is 2.36. The molecule has 2 nitrogen and oxygen atoms in total. The fraction of sp³-hybridized carbons (Fsp3) is 0.143. The van der Waals surface area contributed by atoms with Crippen molar-refractivity contribution in [3.05, 3.63) is 51.5 Å². The molecule has 2 aromatic rings. The van der Waals surface area contributed by atoms with Crippen molar-refractivity contribution in [1.82, 2.24) is 0 Å². The van der Waals surface area contributed by atoms with E-state index < -0.39 is 0 Å². The molecule has 0 saturated heterocycles. The first-order valence-electron chi connectivity index (χ1n) is 5.70. The number of hydrogen-bond donors (Lipinski definition) is 2. The molecule has 94 valence electrons. The fourth-order valence-electron chi connectivity index (χ4n) is 1.76. The van der Waals surface area contributed by atoms with Crippen LogP contribution in [0, 0.1) is 0 Å². The number of benzene rings is 2. The van der Waals surface area contributed by atoms with Crippen LogP contribution in [0.25, 0.3) is 0 Å². The molecule has 0 unspecified atom stereocenters. The Balaban J connectivity index is 2.36. The average molecular weight is 326 g/mol. The van der Waals surface area contributed by atoms with Gasteiger partial charge in [-0.3, -0.25) is 0 Å². The van der Waals surface area contributed by atoms with E-state index in [2.05, 4.69) is 28.2 Å². The number of nitrogen functional groups attached to an aromatic ring is 1. The predicted molar refractivity (Wildman–Crippen MR) is 82.7 cm³/mol. The number of aryl methyl sites for hydroxylation is 1. The minimum Gasteiger partial charge on any atom is -0.397 e. The minimum atomic E-state index is 0.718. The zero-order chi connectivity index (χ0) is 13.1. The van der Waals surface area contributed by atoms with Gasteiger partial charge in [0.15, 0.2) is 0 Å². The second-order valence-corrected chi connectivity index (χ2v) is 5.36. The summed E-state index contributed by atoms with van der Waals surface area (Å²) in [6.45, 7) is 2.10. The maximum atomic E-state index is 6.00. The highest BCUT2D eigenvalue weighted by Gasteiger charge is 2.05. The van der Waals surface area contributed by atoms with Crippen molar-refractivity contribution in [2.24, 2.45) is 0 Å². The minimum absolute atomic E-state index is 0.718. The molecule has 0 aliphatic rings. The topological polar surface area (TPSA) is 38.0 Å². The van der Waals surface area contributed by atoms with Gasteiger partial charge in [-0.15, -0.1) is 0 Å². The number of nitrogens with two attached hydrogens (primary N) is 1. The molecule has 0 heterocycles. The van der Waals surface area contributed by atoms with Gasteiger partial charge in [0.25, 0.3) is 0 Å². The lowest BCUT2D eigenvalue weighted by atomic mass is 10.1. The van der Waals surface area contributed by atoms with Gasteiger partial charge in [-0.2, -0.15) is 0 Å². The lowest BCUT2D eigenvalue weighted by Crippen LogP contribution is -1.99. The van der Waals surface area contributed by atoms with E-state index in [0.29, 0.717) is 0 Å². The third-order valence-electron chi connectivity index (χ3n) is 2.73. The summed E-state index contributed by atoms with van der Waals surface area (Å²) >= 11 is 9.44. The van der Waals surface area contributed by atoms with Crippen LogP contribution in [-0.2, 0) is 6.42 Å². The van der Waals surface area contributed by atoms with E-state index in [-0.39, 0.29) is 0 Å². The zero-order valence-electron chi connectivity index (χ0n) is 10.0. The molecule has 0 bridgehead atoms. The smallest absolute Gasteiger partial charge is 0.0629 e. The molecule has 0 amide bonds. The molecule has 2 aromatic carbocycles. The highest BCUT2D eigenvalue weighted by atomic mass is 79.9. The van der Waals surface area contributed by atoms with Gasteiger partial charge >= 0.3 is 0 Å². The number of anilines is 3. The van der Waals surface area contributed by atoms with E-state index in [1.807, 2.05) is 36.4 Å². The predicted octanol–water partition coefficient (Wildman–Crippen LogP) is 4.99. The van der Waals surface area contributed by atoms with Gasteiger partial charge in [-0.25, -0.2) is 0 Å². The van der Waals surface area contributed by atoms with Crippen molar-refractivity contribution >= 4 is 44.6 Å². The van der Waals surface area contributed by atoms with Crippen LogP contribution in [0.2, 0.25) is 5.02 Å². The number of halogens is 2. The molecule has 0 atom stereocenters. The first-order chi connectivity index (χ1) is 8.60.